The smallest absolute Gasteiger partial charge is 0.0609 e. The monoisotopic (exact) mass is 414 g/mol. The predicted octanol–water partition coefficient (Wildman–Crippen LogP) is 2.24. The molecule has 0 heterocycles. The number of halogens is 1. The van der Waals surface area contributed by atoms with E-state index in [0.717, 1.165) is 25.7 Å². The Kier molecular flexibility index (Phi) is 4.26. The highest BCUT2D eigenvalue weighted by Gasteiger charge is 2.71. The van der Waals surface area contributed by atoms with Crippen molar-refractivity contribution in [3.05, 3.63) is 11.6 Å². The molecule has 0 amide bonds. The normalized spacial score (nSPS) is 55.5. The molecule has 0 bridgehead atoms. The molecular weight excluding hydrogens is 384 g/mol. The van der Waals surface area contributed by atoms with E-state index in [1.807, 2.05) is 0 Å². The van der Waals surface area contributed by atoms with Crippen LogP contribution < -0.4 is 0 Å². The molecule has 0 spiro atoms. The minimum atomic E-state index is -0.401. The standard InChI is InChI=1S/C20H31BrO4/c1-18(17(21)9-22)4-3-12-11(6-18)14(24)5-16-19(12,2)8-15(25)13-7-20(13,16)10-23/h3,11,13-17,22-25H,4-10H2,1-2H3/t11-,13?,14-,15?,16?,17?,18+,19+,20-/m0/s1. The minimum Gasteiger partial charge on any atom is -0.396 e. The lowest BCUT2D eigenvalue weighted by molar-refractivity contribution is -0.0947. The maximum Gasteiger partial charge on any atom is 0.0609 e. The van der Waals surface area contributed by atoms with Crippen LogP contribution in [0, 0.1) is 34.0 Å². The Balaban J connectivity index is 1.72. The van der Waals surface area contributed by atoms with Gasteiger partial charge in [0, 0.05) is 22.8 Å². The third kappa shape index (κ3) is 2.39. The van der Waals surface area contributed by atoms with Gasteiger partial charge in [-0.25, -0.2) is 0 Å². The number of hydrogen-bond acceptors (Lipinski definition) is 4. The van der Waals surface area contributed by atoms with Crippen LogP contribution in [0.25, 0.3) is 0 Å². The molecule has 4 nitrogen and oxygen atoms in total. The molecule has 0 saturated heterocycles. The Morgan fingerprint density at radius 1 is 1.16 bits per heavy atom. The molecule has 25 heavy (non-hydrogen) atoms. The second kappa shape index (κ2) is 5.78. The van der Waals surface area contributed by atoms with Crippen LogP contribution in [0.1, 0.15) is 46.0 Å². The molecule has 0 aromatic rings. The van der Waals surface area contributed by atoms with Crippen LogP contribution in [0.2, 0.25) is 0 Å². The summed E-state index contributed by atoms with van der Waals surface area (Å²) >= 11 is 3.62. The lowest BCUT2D eigenvalue weighted by Gasteiger charge is -2.58. The quantitative estimate of drug-likeness (QED) is 0.421. The van der Waals surface area contributed by atoms with Gasteiger partial charge in [0.05, 0.1) is 18.8 Å². The Hall–Kier alpha value is 0.0600. The summed E-state index contributed by atoms with van der Waals surface area (Å²) in [6.07, 6.45) is 5.61. The molecule has 4 rings (SSSR count). The molecule has 4 aliphatic rings. The van der Waals surface area contributed by atoms with Crippen molar-refractivity contribution in [3.63, 3.8) is 0 Å². The van der Waals surface area contributed by atoms with Gasteiger partial charge in [-0.15, -0.1) is 0 Å². The van der Waals surface area contributed by atoms with Gasteiger partial charge in [0.15, 0.2) is 0 Å². The SMILES string of the molecule is C[C@@]1(C(Br)CO)CC=C2[C@H](C1)[C@@H](O)CC1[C@]3(CO)CC3C(O)C[C@]21C. The predicted molar refractivity (Wildman–Crippen MR) is 99.2 cm³/mol. The maximum atomic E-state index is 11.0. The highest BCUT2D eigenvalue weighted by Crippen LogP contribution is 2.73. The molecule has 0 aromatic heterocycles. The van der Waals surface area contributed by atoms with Crippen molar-refractivity contribution in [1.82, 2.24) is 0 Å². The lowest BCUT2D eigenvalue weighted by atomic mass is 9.48. The van der Waals surface area contributed by atoms with E-state index in [4.69, 9.17) is 0 Å². The molecule has 3 fully saturated rings. The van der Waals surface area contributed by atoms with Crippen LogP contribution in [-0.4, -0.2) is 50.7 Å². The summed E-state index contributed by atoms with van der Waals surface area (Å²) in [5.74, 6) is 0.540. The number of allylic oxidation sites excluding steroid dienone is 1. The van der Waals surface area contributed by atoms with E-state index in [2.05, 4.69) is 35.9 Å². The summed E-state index contributed by atoms with van der Waals surface area (Å²) in [5.41, 5.74) is 0.894. The van der Waals surface area contributed by atoms with Gasteiger partial charge >= 0.3 is 0 Å². The Morgan fingerprint density at radius 2 is 1.88 bits per heavy atom. The second-order valence-electron chi connectivity index (χ2n) is 9.72. The van der Waals surface area contributed by atoms with Gasteiger partial charge in [0.2, 0.25) is 0 Å². The van der Waals surface area contributed by atoms with Crippen LogP contribution in [0.15, 0.2) is 11.6 Å². The van der Waals surface area contributed by atoms with Gasteiger partial charge in [0.25, 0.3) is 0 Å². The van der Waals surface area contributed by atoms with Gasteiger partial charge in [-0.2, -0.15) is 0 Å². The van der Waals surface area contributed by atoms with E-state index in [-0.39, 0.29) is 58.1 Å². The summed E-state index contributed by atoms with van der Waals surface area (Å²) in [7, 11) is 0. The summed E-state index contributed by atoms with van der Waals surface area (Å²) in [6, 6.07) is 0. The fraction of sp³-hybridized carbons (Fsp3) is 0.900. The number of aliphatic hydroxyl groups is 4. The first-order valence-corrected chi connectivity index (χ1v) is 10.6. The lowest BCUT2D eigenvalue weighted by Crippen LogP contribution is -2.55. The Bertz CT molecular complexity index is 594. The summed E-state index contributed by atoms with van der Waals surface area (Å²) < 4.78 is 0. The molecule has 4 N–H and O–H groups in total. The van der Waals surface area contributed by atoms with Crippen molar-refractivity contribution < 1.29 is 20.4 Å². The summed E-state index contributed by atoms with van der Waals surface area (Å²) in [6.45, 7) is 4.64. The fourth-order valence-electron chi connectivity index (χ4n) is 6.80. The van der Waals surface area contributed by atoms with E-state index in [0.29, 0.717) is 6.42 Å². The first kappa shape index (κ1) is 18.4. The molecule has 0 aromatic carbocycles. The molecular formula is C20H31BrO4. The summed E-state index contributed by atoms with van der Waals surface area (Å²) in [5, 5.41) is 41.3. The van der Waals surface area contributed by atoms with Gasteiger partial charge in [-0.3, -0.25) is 0 Å². The van der Waals surface area contributed by atoms with Crippen molar-refractivity contribution in [3.8, 4) is 0 Å². The van der Waals surface area contributed by atoms with Crippen molar-refractivity contribution in [1.29, 1.82) is 0 Å². The summed E-state index contributed by atoms with van der Waals surface area (Å²) in [4.78, 5) is 0.0177. The first-order valence-electron chi connectivity index (χ1n) is 9.64. The zero-order valence-electron chi connectivity index (χ0n) is 15.2. The zero-order chi connectivity index (χ0) is 18.2. The van der Waals surface area contributed by atoms with Crippen LogP contribution in [0.3, 0.4) is 0 Å². The van der Waals surface area contributed by atoms with Crippen LogP contribution in [-0.2, 0) is 0 Å². The van der Waals surface area contributed by atoms with Gasteiger partial charge in [-0.1, -0.05) is 41.4 Å². The Morgan fingerprint density at radius 3 is 2.52 bits per heavy atom. The molecule has 4 unspecified atom stereocenters. The molecule has 3 saturated carbocycles. The van der Waals surface area contributed by atoms with Crippen molar-refractivity contribution in [2.75, 3.05) is 13.2 Å². The van der Waals surface area contributed by atoms with E-state index in [9.17, 15) is 20.4 Å². The third-order valence-electron chi connectivity index (χ3n) is 8.42. The number of fused-ring (bicyclic) bond motifs is 5. The highest BCUT2D eigenvalue weighted by molar-refractivity contribution is 9.09. The molecule has 0 aliphatic heterocycles. The first-order chi connectivity index (χ1) is 11.7. The average Bonchev–Trinajstić information content (AvgIpc) is 3.33. The van der Waals surface area contributed by atoms with Crippen molar-refractivity contribution in [2.45, 2.75) is 63.0 Å². The average molecular weight is 415 g/mol. The van der Waals surface area contributed by atoms with E-state index >= 15 is 0 Å². The zero-order valence-corrected chi connectivity index (χ0v) is 16.7. The highest BCUT2D eigenvalue weighted by atomic mass is 79.9. The number of hydrogen-bond donors (Lipinski definition) is 4. The van der Waals surface area contributed by atoms with E-state index in [1.54, 1.807) is 0 Å². The maximum absolute atomic E-state index is 11.0. The van der Waals surface area contributed by atoms with E-state index in [1.165, 1.54) is 5.57 Å². The number of aliphatic hydroxyl groups excluding tert-OH is 4. The number of alkyl halides is 1. The topological polar surface area (TPSA) is 80.9 Å². The van der Waals surface area contributed by atoms with Gasteiger partial charge in [-0.05, 0) is 54.8 Å². The van der Waals surface area contributed by atoms with Crippen molar-refractivity contribution >= 4 is 15.9 Å². The molecule has 0 radical (unpaired) electrons. The third-order valence-corrected chi connectivity index (χ3v) is 9.82. The fourth-order valence-corrected chi connectivity index (χ4v) is 7.18. The van der Waals surface area contributed by atoms with Crippen LogP contribution >= 0.6 is 15.9 Å². The molecule has 5 heteroatoms. The van der Waals surface area contributed by atoms with Crippen LogP contribution in [0.5, 0.6) is 0 Å². The largest absolute Gasteiger partial charge is 0.396 e. The molecule has 9 atom stereocenters. The minimum absolute atomic E-state index is 0.0177. The Labute approximate surface area is 158 Å². The second-order valence-corrected chi connectivity index (χ2v) is 10.8. The van der Waals surface area contributed by atoms with Crippen LogP contribution in [0.4, 0.5) is 0 Å². The molecule has 142 valence electrons. The number of rotatable bonds is 3. The van der Waals surface area contributed by atoms with Crippen molar-refractivity contribution in [2.24, 2.45) is 34.0 Å². The molecule has 4 aliphatic carbocycles. The van der Waals surface area contributed by atoms with Gasteiger partial charge in [0.1, 0.15) is 0 Å². The van der Waals surface area contributed by atoms with E-state index < -0.39 is 6.10 Å². The van der Waals surface area contributed by atoms with Gasteiger partial charge < -0.3 is 20.4 Å².